The summed E-state index contributed by atoms with van der Waals surface area (Å²) in [5.74, 6) is 0. The van der Waals surface area contributed by atoms with E-state index in [4.69, 9.17) is 28.4 Å². The van der Waals surface area contributed by atoms with Gasteiger partial charge < -0.3 is 28.4 Å². The smallest absolute Gasteiger partial charge is 0.146 e. The van der Waals surface area contributed by atoms with Crippen LogP contribution in [0.15, 0.2) is 73.7 Å². The van der Waals surface area contributed by atoms with Crippen LogP contribution in [0.5, 0.6) is 0 Å². The van der Waals surface area contributed by atoms with E-state index in [0.29, 0.717) is 26.4 Å². The molecule has 6 nitrogen and oxygen atoms in total. The van der Waals surface area contributed by atoms with E-state index in [1.54, 1.807) is 0 Å². The molecule has 0 saturated heterocycles. The number of hydrogen-bond acceptors (Lipinski definition) is 6. The Morgan fingerprint density at radius 3 is 1.46 bits per heavy atom. The minimum atomic E-state index is -0.206. The first-order chi connectivity index (χ1) is 12.9. The highest BCUT2D eigenvalue weighted by molar-refractivity contribution is 5.18. The first-order valence-corrected chi connectivity index (χ1v) is 8.71. The zero-order valence-corrected chi connectivity index (χ0v) is 14.5. The lowest BCUT2D eigenvalue weighted by molar-refractivity contribution is -0.0475. The fourth-order valence-electron chi connectivity index (χ4n) is 2.62. The molecule has 0 aromatic carbocycles. The number of fused-ring (bicyclic) bond motifs is 2. The quantitative estimate of drug-likeness (QED) is 0.662. The third-order valence-corrected chi connectivity index (χ3v) is 3.89. The molecule has 0 amide bonds. The first kappa shape index (κ1) is 18.5. The van der Waals surface area contributed by atoms with Crippen LogP contribution in [0.4, 0.5) is 0 Å². The van der Waals surface area contributed by atoms with E-state index < -0.39 is 0 Å². The molecule has 0 aromatic heterocycles. The van der Waals surface area contributed by atoms with Crippen LogP contribution in [0, 0.1) is 0 Å². The SMILES string of the molecule is C1=CC2OC=COC=COC3C=CC=CC3OCCOCCOC2C=C1. The van der Waals surface area contributed by atoms with E-state index in [-0.39, 0.29) is 24.4 Å². The second kappa shape index (κ2) is 10.7. The average Bonchev–Trinajstić information content (AvgIpc) is 2.68. The Bertz CT molecular complexity index is 539. The van der Waals surface area contributed by atoms with Crippen molar-refractivity contribution in [2.24, 2.45) is 0 Å². The Morgan fingerprint density at radius 2 is 0.962 bits per heavy atom. The van der Waals surface area contributed by atoms with E-state index in [9.17, 15) is 0 Å². The van der Waals surface area contributed by atoms with E-state index >= 15 is 0 Å². The van der Waals surface area contributed by atoms with Gasteiger partial charge in [-0.25, -0.2) is 0 Å². The van der Waals surface area contributed by atoms with Crippen LogP contribution in [0.1, 0.15) is 0 Å². The number of hydrogen-bond donors (Lipinski definition) is 0. The number of rotatable bonds is 0. The van der Waals surface area contributed by atoms with Crippen LogP contribution >= 0.6 is 0 Å². The maximum absolute atomic E-state index is 5.82. The van der Waals surface area contributed by atoms with Gasteiger partial charge in [-0.2, -0.15) is 0 Å². The van der Waals surface area contributed by atoms with Crippen molar-refractivity contribution in [3.05, 3.63) is 73.7 Å². The Labute approximate surface area is 153 Å². The molecule has 1 aliphatic heterocycles. The fraction of sp³-hybridized carbons (Fsp3) is 0.400. The third-order valence-electron chi connectivity index (χ3n) is 3.89. The van der Waals surface area contributed by atoms with Gasteiger partial charge in [0.25, 0.3) is 0 Å². The summed E-state index contributed by atoms with van der Waals surface area (Å²) in [4.78, 5) is 0. The molecule has 0 bridgehead atoms. The van der Waals surface area contributed by atoms with Gasteiger partial charge in [-0.05, 0) is 12.2 Å². The molecule has 6 heteroatoms. The molecule has 0 spiro atoms. The van der Waals surface area contributed by atoms with E-state index in [1.165, 1.54) is 25.0 Å². The van der Waals surface area contributed by atoms with Gasteiger partial charge in [-0.1, -0.05) is 36.5 Å². The van der Waals surface area contributed by atoms with Gasteiger partial charge in [0.1, 0.15) is 49.5 Å². The second-order valence-corrected chi connectivity index (χ2v) is 5.70. The molecule has 0 fully saturated rings. The van der Waals surface area contributed by atoms with Gasteiger partial charge >= 0.3 is 0 Å². The molecule has 0 radical (unpaired) electrons. The Balaban J connectivity index is 1.56. The Morgan fingerprint density at radius 1 is 0.500 bits per heavy atom. The average molecular weight is 360 g/mol. The molecular weight excluding hydrogens is 336 g/mol. The Hall–Kier alpha value is -2.28. The van der Waals surface area contributed by atoms with Crippen LogP contribution in [-0.2, 0) is 28.4 Å². The van der Waals surface area contributed by atoms with Gasteiger partial charge in [-0.15, -0.1) is 0 Å². The molecule has 3 aliphatic rings. The zero-order chi connectivity index (χ0) is 17.9. The normalized spacial score (nSPS) is 32.3. The van der Waals surface area contributed by atoms with Crippen molar-refractivity contribution in [2.75, 3.05) is 26.4 Å². The maximum Gasteiger partial charge on any atom is 0.146 e. The van der Waals surface area contributed by atoms with Crippen molar-refractivity contribution in [3.63, 3.8) is 0 Å². The molecule has 0 aromatic rings. The highest BCUT2D eigenvalue weighted by Crippen LogP contribution is 2.14. The van der Waals surface area contributed by atoms with Gasteiger partial charge in [-0.3, -0.25) is 0 Å². The standard InChI is InChI=1S/C20H24O6/c1-2-6-18-17(5-1)23-13-9-21-11-15-25-19-7-3-4-8-20(19)26-16-12-22-10-14-24-18/h1-9,11,13,15,17-20H,10,12,14,16H2. The molecule has 2 aliphatic carbocycles. The molecule has 140 valence electrons. The molecule has 3 rings (SSSR count). The van der Waals surface area contributed by atoms with Gasteiger partial charge in [0.05, 0.1) is 26.4 Å². The first-order valence-electron chi connectivity index (χ1n) is 8.71. The summed E-state index contributed by atoms with van der Waals surface area (Å²) in [6, 6.07) is 0. The van der Waals surface area contributed by atoms with Crippen molar-refractivity contribution >= 4 is 0 Å². The van der Waals surface area contributed by atoms with E-state index in [2.05, 4.69) is 0 Å². The van der Waals surface area contributed by atoms with Gasteiger partial charge in [0.2, 0.25) is 0 Å². The van der Waals surface area contributed by atoms with Crippen LogP contribution < -0.4 is 0 Å². The summed E-state index contributed by atoms with van der Waals surface area (Å²) < 4.78 is 33.8. The minimum Gasteiger partial charge on any atom is -0.488 e. The second-order valence-electron chi connectivity index (χ2n) is 5.70. The van der Waals surface area contributed by atoms with Crippen LogP contribution in [-0.4, -0.2) is 50.8 Å². The highest BCUT2D eigenvalue weighted by atomic mass is 16.6. The lowest BCUT2D eigenvalue weighted by Gasteiger charge is -2.24. The summed E-state index contributed by atoms with van der Waals surface area (Å²) in [7, 11) is 0. The van der Waals surface area contributed by atoms with Crippen LogP contribution in [0.2, 0.25) is 0 Å². The fourth-order valence-corrected chi connectivity index (χ4v) is 2.62. The van der Waals surface area contributed by atoms with Crippen molar-refractivity contribution in [1.29, 1.82) is 0 Å². The maximum atomic E-state index is 5.82. The van der Waals surface area contributed by atoms with Gasteiger partial charge in [0.15, 0.2) is 0 Å². The summed E-state index contributed by atoms with van der Waals surface area (Å²) in [6.07, 6.45) is 20.6. The molecule has 1 heterocycles. The highest BCUT2D eigenvalue weighted by Gasteiger charge is 2.21. The number of ether oxygens (including phenoxy) is 6. The minimum absolute atomic E-state index is 0.165. The Kier molecular flexibility index (Phi) is 7.58. The molecule has 4 unspecified atom stereocenters. The molecule has 4 atom stereocenters. The van der Waals surface area contributed by atoms with Gasteiger partial charge in [0, 0.05) is 0 Å². The molecule has 26 heavy (non-hydrogen) atoms. The predicted octanol–water partition coefficient (Wildman–Crippen LogP) is 2.77. The third kappa shape index (κ3) is 5.91. The summed E-state index contributed by atoms with van der Waals surface area (Å²) in [5, 5.41) is 0. The topological polar surface area (TPSA) is 55.4 Å². The van der Waals surface area contributed by atoms with Crippen molar-refractivity contribution in [2.45, 2.75) is 24.4 Å². The van der Waals surface area contributed by atoms with Crippen molar-refractivity contribution in [3.8, 4) is 0 Å². The van der Waals surface area contributed by atoms with E-state index in [1.807, 2.05) is 48.6 Å². The summed E-state index contributed by atoms with van der Waals surface area (Å²) in [5.41, 5.74) is 0. The monoisotopic (exact) mass is 360 g/mol. The van der Waals surface area contributed by atoms with Crippen molar-refractivity contribution < 1.29 is 28.4 Å². The predicted molar refractivity (Wildman–Crippen MR) is 96.0 cm³/mol. The molecule has 0 N–H and O–H groups in total. The lowest BCUT2D eigenvalue weighted by Crippen LogP contribution is -2.30. The molecular formula is C20H24O6. The summed E-state index contributed by atoms with van der Waals surface area (Å²) in [6.45, 7) is 1.94. The molecule has 0 saturated carbocycles. The zero-order valence-electron chi connectivity index (χ0n) is 14.5. The van der Waals surface area contributed by atoms with Crippen LogP contribution in [0.3, 0.4) is 0 Å². The van der Waals surface area contributed by atoms with Crippen molar-refractivity contribution in [1.82, 2.24) is 0 Å². The van der Waals surface area contributed by atoms with E-state index in [0.717, 1.165) is 0 Å². The summed E-state index contributed by atoms with van der Waals surface area (Å²) >= 11 is 0. The lowest BCUT2D eigenvalue weighted by atomic mass is 10.1. The van der Waals surface area contributed by atoms with Crippen LogP contribution in [0.25, 0.3) is 0 Å². The number of allylic oxidation sites excluding steroid dienone is 4. The largest absolute Gasteiger partial charge is 0.488 e.